The molecule has 0 aliphatic carbocycles. The molecule has 1 saturated heterocycles. The molecule has 15 heavy (non-hydrogen) atoms. The number of amides is 1. The Morgan fingerprint density at radius 1 is 1.47 bits per heavy atom. The van der Waals surface area contributed by atoms with Gasteiger partial charge in [-0.3, -0.25) is 4.90 Å². The first-order valence-corrected chi connectivity index (χ1v) is 4.74. The van der Waals surface area contributed by atoms with E-state index in [9.17, 15) is 9.59 Å². The molecule has 4 nitrogen and oxygen atoms in total. The molecule has 1 fully saturated rings. The highest BCUT2D eigenvalue weighted by atomic mass is 16.6. The smallest absolute Gasteiger partial charge is 0.410 e. The zero-order chi connectivity index (χ0) is 10.7. The summed E-state index contributed by atoms with van der Waals surface area (Å²) in [5, 5.41) is 0. The van der Waals surface area contributed by atoms with Crippen molar-refractivity contribution in [2.75, 3.05) is 6.54 Å². The summed E-state index contributed by atoms with van der Waals surface area (Å²) >= 11 is 0. The minimum Gasteiger partial charge on any atom is -0.445 e. The number of carbonyl (C=O) groups is 2. The van der Waals surface area contributed by atoms with Gasteiger partial charge in [-0.15, -0.1) is 0 Å². The van der Waals surface area contributed by atoms with E-state index < -0.39 is 6.09 Å². The molecule has 0 aromatic heterocycles. The van der Waals surface area contributed by atoms with Gasteiger partial charge in [0, 0.05) is 0 Å². The molecular weight excluding hydrogens is 194 g/mol. The van der Waals surface area contributed by atoms with Crippen LogP contribution in [0.3, 0.4) is 0 Å². The SMILES string of the molecule is O=C[C@@H]1CN1C(=O)OCc1ccccc1. The Kier molecular flexibility index (Phi) is 2.67. The van der Waals surface area contributed by atoms with Crippen LogP contribution < -0.4 is 0 Å². The number of hydrogen-bond acceptors (Lipinski definition) is 3. The summed E-state index contributed by atoms with van der Waals surface area (Å²) in [5.41, 5.74) is 0.940. The summed E-state index contributed by atoms with van der Waals surface area (Å²) in [7, 11) is 0. The van der Waals surface area contributed by atoms with Crippen LogP contribution in [0.2, 0.25) is 0 Å². The lowest BCUT2D eigenvalue weighted by molar-refractivity contribution is -0.108. The van der Waals surface area contributed by atoms with E-state index in [1.807, 2.05) is 30.3 Å². The molecule has 0 bridgehead atoms. The van der Waals surface area contributed by atoms with E-state index >= 15 is 0 Å². The maximum atomic E-state index is 11.3. The van der Waals surface area contributed by atoms with Gasteiger partial charge >= 0.3 is 6.09 Å². The van der Waals surface area contributed by atoms with Crippen molar-refractivity contribution in [2.45, 2.75) is 12.6 Å². The van der Waals surface area contributed by atoms with Gasteiger partial charge in [0.15, 0.2) is 0 Å². The molecule has 0 spiro atoms. The van der Waals surface area contributed by atoms with Crippen LogP contribution in [-0.4, -0.2) is 29.9 Å². The third kappa shape index (κ3) is 2.34. The molecule has 4 heteroatoms. The quantitative estimate of drug-likeness (QED) is 0.550. The summed E-state index contributed by atoms with van der Waals surface area (Å²) in [6.07, 6.45) is 0.333. The Bertz CT molecular complexity index is 363. The molecule has 0 unspecified atom stereocenters. The van der Waals surface area contributed by atoms with E-state index in [0.717, 1.165) is 11.8 Å². The van der Waals surface area contributed by atoms with Gasteiger partial charge in [0.1, 0.15) is 18.9 Å². The van der Waals surface area contributed by atoms with E-state index in [4.69, 9.17) is 4.74 Å². The lowest BCUT2D eigenvalue weighted by Gasteiger charge is -2.04. The number of carbonyl (C=O) groups excluding carboxylic acids is 2. The molecule has 1 atom stereocenters. The van der Waals surface area contributed by atoms with Crippen LogP contribution in [0.25, 0.3) is 0 Å². The highest BCUT2D eigenvalue weighted by molar-refractivity contribution is 5.79. The first-order chi connectivity index (χ1) is 7.31. The fraction of sp³-hybridized carbons (Fsp3) is 0.273. The van der Waals surface area contributed by atoms with Gasteiger partial charge in [-0.2, -0.15) is 0 Å². The van der Waals surface area contributed by atoms with Crippen LogP contribution in [0, 0.1) is 0 Å². The molecule has 78 valence electrons. The van der Waals surface area contributed by atoms with Gasteiger partial charge in [-0.05, 0) is 5.56 Å². The second-order valence-corrected chi connectivity index (χ2v) is 3.40. The average Bonchev–Trinajstić information content (AvgIpc) is 3.06. The number of ether oxygens (including phenoxy) is 1. The average molecular weight is 205 g/mol. The third-order valence-electron chi connectivity index (χ3n) is 2.25. The minimum atomic E-state index is -0.420. The summed E-state index contributed by atoms with van der Waals surface area (Å²) in [6, 6.07) is 9.16. The Hall–Kier alpha value is -1.84. The van der Waals surface area contributed by atoms with Gasteiger partial charge in [0.2, 0.25) is 0 Å². The van der Waals surface area contributed by atoms with E-state index in [1.54, 1.807) is 0 Å². The Labute approximate surface area is 87.4 Å². The molecule has 1 aliphatic heterocycles. The van der Waals surface area contributed by atoms with Crippen molar-refractivity contribution in [3.63, 3.8) is 0 Å². The largest absolute Gasteiger partial charge is 0.445 e. The van der Waals surface area contributed by atoms with Crippen LogP contribution in [0.4, 0.5) is 4.79 Å². The van der Waals surface area contributed by atoms with Crippen molar-refractivity contribution < 1.29 is 14.3 Å². The van der Waals surface area contributed by atoms with Gasteiger partial charge in [-0.1, -0.05) is 30.3 Å². The zero-order valence-electron chi connectivity index (χ0n) is 8.13. The number of hydrogen-bond donors (Lipinski definition) is 0. The molecule has 1 amide bonds. The van der Waals surface area contributed by atoms with Crippen LogP contribution in [0.15, 0.2) is 30.3 Å². The molecule has 0 N–H and O–H groups in total. The highest BCUT2D eigenvalue weighted by Crippen LogP contribution is 2.16. The van der Waals surface area contributed by atoms with Gasteiger partial charge < -0.3 is 9.53 Å². The number of aldehydes is 1. The van der Waals surface area contributed by atoms with Gasteiger partial charge in [0.05, 0.1) is 6.54 Å². The van der Waals surface area contributed by atoms with Crippen molar-refractivity contribution in [3.8, 4) is 0 Å². The predicted molar refractivity (Wildman–Crippen MR) is 53.2 cm³/mol. The van der Waals surface area contributed by atoms with Crippen molar-refractivity contribution in [3.05, 3.63) is 35.9 Å². The van der Waals surface area contributed by atoms with Crippen LogP contribution >= 0.6 is 0 Å². The van der Waals surface area contributed by atoms with Crippen LogP contribution in [0.5, 0.6) is 0 Å². The van der Waals surface area contributed by atoms with Crippen molar-refractivity contribution in [1.82, 2.24) is 4.90 Å². The number of nitrogens with zero attached hydrogens (tertiary/aromatic N) is 1. The predicted octanol–water partition coefficient (Wildman–Crippen LogP) is 1.21. The molecule has 0 saturated carbocycles. The maximum absolute atomic E-state index is 11.3. The zero-order valence-corrected chi connectivity index (χ0v) is 8.13. The fourth-order valence-electron chi connectivity index (χ4n) is 1.28. The van der Waals surface area contributed by atoms with E-state index in [2.05, 4.69) is 0 Å². The molecule has 1 aliphatic rings. The van der Waals surface area contributed by atoms with E-state index in [0.29, 0.717) is 6.54 Å². The molecule has 0 radical (unpaired) electrons. The number of benzene rings is 1. The summed E-state index contributed by atoms with van der Waals surface area (Å²) in [5.74, 6) is 0. The highest BCUT2D eigenvalue weighted by Gasteiger charge is 2.39. The molecule has 2 rings (SSSR count). The Morgan fingerprint density at radius 2 is 2.20 bits per heavy atom. The second kappa shape index (κ2) is 4.13. The summed E-state index contributed by atoms with van der Waals surface area (Å²) in [6.45, 7) is 0.735. The molecule has 1 aromatic carbocycles. The standard InChI is InChI=1S/C11H11NO3/c13-7-10-6-12(10)11(14)15-8-9-4-2-1-3-5-9/h1-5,7,10H,6,8H2/t10-,12?/m0/s1. The second-order valence-electron chi connectivity index (χ2n) is 3.40. The lowest BCUT2D eigenvalue weighted by Crippen LogP contribution is -2.15. The van der Waals surface area contributed by atoms with Crippen LogP contribution in [-0.2, 0) is 16.1 Å². The first kappa shape index (κ1) is 9.71. The maximum Gasteiger partial charge on any atom is 0.410 e. The van der Waals surface area contributed by atoms with Gasteiger partial charge in [-0.25, -0.2) is 4.79 Å². The summed E-state index contributed by atoms with van der Waals surface area (Å²) < 4.78 is 5.01. The van der Waals surface area contributed by atoms with Gasteiger partial charge in [0.25, 0.3) is 0 Å². The van der Waals surface area contributed by atoms with E-state index in [1.165, 1.54) is 4.90 Å². The Morgan fingerprint density at radius 3 is 2.80 bits per heavy atom. The Balaban J connectivity index is 1.79. The molecule has 1 aromatic rings. The lowest BCUT2D eigenvalue weighted by atomic mass is 10.2. The molecular formula is C11H11NO3. The third-order valence-corrected chi connectivity index (χ3v) is 2.25. The minimum absolute atomic E-state index is 0.252. The first-order valence-electron chi connectivity index (χ1n) is 4.74. The van der Waals surface area contributed by atoms with Crippen molar-refractivity contribution in [2.24, 2.45) is 0 Å². The van der Waals surface area contributed by atoms with Crippen molar-refractivity contribution >= 4 is 12.4 Å². The normalized spacial score (nSPS) is 18.4. The topological polar surface area (TPSA) is 46.4 Å². The van der Waals surface area contributed by atoms with Crippen molar-refractivity contribution in [1.29, 1.82) is 0 Å². The van der Waals surface area contributed by atoms with E-state index in [-0.39, 0.29) is 12.6 Å². The summed E-state index contributed by atoms with van der Waals surface area (Å²) in [4.78, 5) is 23.0. The number of rotatable bonds is 3. The van der Waals surface area contributed by atoms with Crippen LogP contribution in [0.1, 0.15) is 5.56 Å². The fourth-order valence-corrected chi connectivity index (χ4v) is 1.28. The molecule has 1 heterocycles. The monoisotopic (exact) mass is 205 g/mol.